The number of aromatic nitrogens is 2. The summed E-state index contributed by atoms with van der Waals surface area (Å²) in [5, 5.41) is 11.9. The normalized spacial score (nSPS) is 13.9. The largest absolute Gasteiger partial charge is 0.416 e. The van der Waals surface area contributed by atoms with Crippen LogP contribution in [0.25, 0.3) is 0 Å². The smallest absolute Gasteiger partial charge is 0.408 e. The fourth-order valence-electron chi connectivity index (χ4n) is 4.14. The van der Waals surface area contributed by atoms with Crippen LogP contribution in [0.1, 0.15) is 58.2 Å². The van der Waals surface area contributed by atoms with E-state index in [1.54, 1.807) is 13.8 Å². The van der Waals surface area contributed by atoms with E-state index in [4.69, 9.17) is 10.1 Å². The Kier molecular flexibility index (Phi) is 7.39. The van der Waals surface area contributed by atoms with E-state index in [1.165, 1.54) is 29.2 Å². The molecule has 4 rings (SSSR count). The third-order valence-electron chi connectivity index (χ3n) is 6.15. The van der Waals surface area contributed by atoms with Crippen molar-refractivity contribution in [3.63, 3.8) is 0 Å². The molecular weight excluding hydrogens is 506 g/mol. The summed E-state index contributed by atoms with van der Waals surface area (Å²) < 4.78 is 54.1. The molecule has 1 atom stereocenters. The second-order valence-corrected chi connectivity index (χ2v) is 8.65. The van der Waals surface area contributed by atoms with Gasteiger partial charge in [-0.15, -0.1) is 4.73 Å². The molecule has 1 aromatic heterocycles. The number of anilines is 1. The number of hydrogen-bond acceptors (Lipinski definition) is 6. The monoisotopic (exact) mass is 529 g/mol. The van der Waals surface area contributed by atoms with Crippen LogP contribution in [0.3, 0.4) is 0 Å². The minimum Gasteiger partial charge on any atom is -0.408 e. The zero-order valence-electron chi connectivity index (χ0n) is 20.5. The van der Waals surface area contributed by atoms with Crippen LogP contribution in [0.2, 0.25) is 0 Å². The fourth-order valence-corrected chi connectivity index (χ4v) is 4.14. The van der Waals surface area contributed by atoms with Crippen molar-refractivity contribution in [3.8, 4) is 6.07 Å². The zero-order valence-corrected chi connectivity index (χ0v) is 20.5. The lowest BCUT2D eigenvalue weighted by Crippen LogP contribution is -2.43. The van der Waals surface area contributed by atoms with E-state index in [-0.39, 0.29) is 48.8 Å². The second-order valence-electron chi connectivity index (χ2n) is 8.65. The number of rotatable bonds is 6. The zero-order chi connectivity index (χ0) is 27.6. The maximum atomic E-state index is 14.4. The Balaban J connectivity index is 1.60. The standard InChI is InChI=1S/C26H23F4N5O3/c1-3-38-35-24(37)20-14-34(23(36)19-9-4-16(13-31)12-21(19)27)11-10-22(20)33-25(35)32-15(2)17-5-7-18(8-6-17)26(28,29)30/h4-9,12,15H,3,10-11,14H2,1-2H3,(H,32,33)/t15-/m0/s1. The molecule has 0 aliphatic carbocycles. The van der Waals surface area contributed by atoms with E-state index in [0.717, 1.165) is 22.9 Å². The number of nitrogens with zero attached hydrogens (tertiary/aromatic N) is 4. The average molecular weight is 529 g/mol. The van der Waals surface area contributed by atoms with Gasteiger partial charge in [0.25, 0.3) is 11.5 Å². The molecule has 1 aliphatic rings. The molecule has 0 fully saturated rings. The van der Waals surface area contributed by atoms with Crippen molar-refractivity contribution in [2.45, 2.75) is 39.0 Å². The molecule has 8 nitrogen and oxygen atoms in total. The van der Waals surface area contributed by atoms with Gasteiger partial charge in [0, 0.05) is 13.0 Å². The van der Waals surface area contributed by atoms with Gasteiger partial charge in [-0.3, -0.25) is 9.59 Å². The van der Waals surface area contributed by atoms with Crippen molar-refractivity contribution in [3.05, 3.63) is 92.1 Å². The number of alkyl halides is 3. The van der Waals surface area contributed by atoms with E-state index < -0.39 is 35.1 Å². The Labute approximate surface area is 215 Å². The number of halogens is 4. The molecule has 0 spiro atoms. The summed E-state index contributed by atoms with van der Waals surface area (Å²) in [5.41, 5.74) is -0.290. The summed E-state index contributed by atoms with van der Waals surface area (Å²) in [7, 11) is 0. The van der Waals surface area contributed by atoms with Gasteiger partial charge in [-0.2, -0.15) is 18.4 Å². The van der Waals surface area contributed by atoms with Crippen LogP contribution in [0, 0.1) is 17.1 Å². The molecule has 0 unspecified atom stereocenters. The van der Waals surface area contributed by atoms with Crippen molar-refractivity contribution in [1.29, 1.82) is 5.26 Å². The maximum absolute atomic E-state index is 14.4. The van der Waals surface area contributed by atoms with Gasteiger partial charge in [-0.05, 0) is 49.7 Å². The summed E-state index contributed by atoms with van der Waals surface area (Å²) >= 11 is 0. The first-order valence-corrected chi connectivity index (χ1v) is 11.7. The fraction of sp³-hybridized carbons (Fsp3) is 0.308. The highest BCUT2D eigenvalue weighted by Gasteiger charge is 2.31. The number of nitriles is 1. The van der Waals surface area contributed by atoms with Crippen LogP contribution < -0.4 is 15.7 Å². The van der Waals surface area contributed by atoms with Gasteiger partial charge in [0.2, 0.25) is 5.95 Å². The van der Waals surface area contributed by atoms with Crippen LogP contribution in [0.15, 0.2) is 47.3 Å². The molecule has 3 aromatic rings. The number of carbonyl (C=O) groups excluding carboxylic acids is 1. The molecule has 0 bridgehead atoms. The van der Waals surface area contributed by atoms with E-state index in [9.17, 15) is 27.2 Å². The average Bonchev–Trinajstić information content (AvgIpc) is 2.89. The SMILES string of the molecule is CCOn1c(N[C@@H](C)c2ccc(C(F)(F)F)cc2)nc2c(c1=O)CN(C(=O)c1ccc(C#N)cc1F)CC2. The Hall–Kier alpha value is -4.40. The molecule has 1 N–H and O–H groups in total. The number of carbonyl (C=O) groups is 1. The van der Waals surface area contributed by atoms with Crippen LogP contribution in [0.4, 0.5) is 23.5 Å². The lowest BCUT2D eigenvalue weighted by Gasteiger charge is -2.29. The second kappa shape index (κ2) is 10.5. The maximum Gasteiger partial charge on any atom is 0.416 e. The van der Waals surface area contributed by atoms with Gasteiger partial charge in [-0.25, -0.2) is 9.37 Å². The number of benzene rings is 2. The highest BCUT2D eigenvalue weighted by molar-refractivity contribution is 5.94. The number of amides is 1. The van der Waals surface area contributed by atoms with Gasteiger partial charge in [0.1, 0.15) is 12.4 Å². The van der Waals surface area contributed by atoms with Gasteiger partial charge in [0.05, 0.1) is 46.6 Å². The minimum absolute atomic E-state index is 0.0703. The first-order chi connectivity index (χ1) is 18.0. The van der Waals surface area contributed by atoms with Crippen molar-refractivity contribution >= 4 is 11.9 Å². The summed E-state index contributed by atoms with van der Waals surface area (Å²) in [5.74, 6) is -1.39. The molecule has 38 heavy (non-hydrogen) atoms. The molecule has 1 aliphatic heterocycles. The molecule has 1 amide bonds. The number of hydrogen-bond donors (Lipinski definition) is 1. The van der Waals surface area contributed by atoms with Gasteiger partial charge >= 0.3 is 6.18 Å². The topological polar surface area (TPSA) is 100 Å². The lowest BCUT2D eigenvalue weighted by atomic mass is 10.0. The van der Waals surface area contributed by atoms with Crippen molar-refractivity contribution in [1.82, 2.24) is 14.6 Å². The molecule has 0 saturated carbocycles. The summed E-state index contributed by atoms with van der Waals surface area (Å²) in [4.78, 5) is 37.6. The molecule has 2 heterocycles. The Morgan fingerprint density at radius 1 is 1.24 bits per heavy atom. The van der Waals surface area contributed by atoms with E-state index >= 15 is 0 Å². The first kappa shape index (κ1) is 26.7. The quantitative estimate of drug-likeness (QED) is 0.483. The van der Waals surface area contributed by atoms with Crippen molar-refractivity contribution in [2.75, 3.05) is 18.5 Å². The summed E-state index contributed by atoms with van der Waals surface area (Å²) in [6, 6.07) is 9.48. The van der Waals surface area contributed by atoms with Gasteiger partial charge in [0.15, 0.2) is 0 Å². The Morgan fingerprint density at radius 2 is 1.95 bits per heavy atom. The van der Waals surface area contributed by atoms with Crippen LogP contribution in [-0.4, -0.2) is 33.7 Å². The van der Waals surface area contributed by atoms with Crippen molar-refractivity contribution in [2.24, 2.45) is 0 Å². The Morgan fingerprint density at radius 3 is 2.55 bits per heavy atom. The van der Waals surface area contributed by atoms with E-state index in [2.05, 4.69) is 10.3 Å². The van der Waals surface area contributed by atoms with Crippen LogP contribution in [0.5, 0.6) is 0 Å². The molecule has 0 saturated heterocycles. The van der Waals surface area contributed by atoms with Gasteiger partial charge < -0.3 is 15.1 Å². The predicted octanol–water partition coefficient (Wildman–Crippen LogP) is 4.09. The minimum atomic E-state index is -4.45. The summed E-state index contributed by atoms with van der Waals surface area (Å²) in [6.45, 7) is 3.53. The summed E-state index contributed by atoms with van der Waals surface area (Å²) in [6.07, 6.45) is -4.24. The predicted molar refractivity (Wildman–Crippen MR) is 129 cm³/mol. The van der Waals surface area contributed by atoms with Crippen LogP contribution in [-0.2, 0) is 19.1 Å². The lowest BCUT2D eigenvalue weighted by molar-refractivity contribution is -0.137. The van der Waals surface area contributed by atoms with E-state index in [1.807, 2.05) is 6.07 Å². The molecule has 2 aromatic carbocycles. The highest BCUT2D eigenvalue weighted by Crippen LogP contribution is 2.30. The first-order valence-electron chi connectivity index (χ1n) is 11.7. The third kappa shape index (κ3) is 5.32. The molecule has 12 heteroatoms. The number of nitrogens with one attached hydrogen (secondary N) is 1. The van der Waals surface area contributed by atoms with Crippen molar-refractivity contribution < 1.29 is 27.2 Å². The molecular formula is C26H23F4N5O3. The number of fused-ring (bicyclic) bond motifs is 1. The van der Waals surface area contributed by atoms with Gasteiger partial charge in [-0.1, -0.05) is 12.1 Å². The van der Waals surface area contributed by atoms with E-state index in [0.29, 0.717) is 11.3 Å². The molecule has 0 radical (unpaired) electrons. The Bertz CT molecular complexity index is 1460. The molecule has 198 valence electrons. The van der Waals surface area contributed by atoms with Crippen LogP contribution >= 0.6 is 0 Å². The third-order valence-corrected chi connectivity index (χ3v) is 6.15. The highest BCUT2D eigenvalue weighted by atomic mass is 19.4.